The molecule has 0 aromatic rings. The van der Waals surface area contributed by atoms with E-state index in [1.807, 2.05) is 20.8 Å². The van der Waals surface area contributed by atoms with Crippen LogP contribution in [0.5, 0.6) is 0 Å². The largest absolute Gasteiger partial charge is 0.379 e. The molecule has 0 saturated heterocycles. The fourth-order valence-corrected chi connectivity index (χ4v) is 2.62. The first-order chi connectivity index (χ1) is 12.0. The Hall–Kier alpha value is -0.980. The van der Waals surface area contributed by atoms with Gasteiger partial charge >= 0.3 is 0 Å². The minimum absolute atomic E-state index is 0.248. The normalized spacial score (nSPS) is 14.9. The number of primary amides is 1. The first-order valence-corrected chi connectivity index (χ1v) is 9.54. The van der Waals surface area contributed by atoms with Crippen molar-refractivity contribution in [2.75, 3.05) is 39.6 Å². The molecule has 0 aromatic heterocycles. The Morgan fingerprint density at radius 3 is 1.92 bits per heavy atom. The number of ether oxygens (including phenoxy) is 3. The van der Waals surface area contributed by atoms with Crippen molar-refractivity contribution >= 4 is 11.7 Å². The van der Waals surface area contributed by atoms with Crippen LogP contribution in [0.1, 0.15) is 59.3 Å². The van der Waals surface area contributed by atoms with Gasteiger partial charge in [0, 0.05) is 24.9 Å². The summed E-state index contributed by atoms with van der Waals surface area (Å²) in [7, 11) is 0. The molecule has 6 nitrogen and oxygen atoms in total. The second kappa shape index (κ2) is 16.5. The number of ketones is 1. The highest BCUT2D eigenvalue weighted by molar-refractivity contribution is 5.82. The van der Waals surface area contributed by atoms with Crippen LogP contribution in [0, 0.1) is 11.8 Å². The molecule has 1 saturated carbocycles. The van der Waals surface area contributed by atoms with E-state index in [0.29, 0.717) is 51.3 Å². The monoisotopic (exact) mass is 359 g/mol. The number of amides is 1. The molecule has 0 unspecified atom stereocenters. The predicted molar refractivity (Wildman–Crippen MR) is 98.4 cm³/mol. The average Bonchev–Trinajstić information content (AvgIpc) is 2.60. The fraction of sp³-hybridized carbons (Fsp3) is 0.895. The Morgan fingerprint density at radius 1 is 0.920 bits per heavy atom. The lowest BCUT2D eigenvalue weighted by molar-refractivity contribution is -0.126. The highest BCUT2D eigenvalue weighted by Gasteiger charge is 2.22. The van der Waals surface area contributed by atoms with Crippen LogP contribution in [0.15, 0.2) is 0 Å². The van der Waals surface area contributed by atoms with Crippen molar-refractivity contribution in [3.8, 4) is 0 Å². The van der Waals surface area contributed by atoms with E-state index in [1.54, 1.807) is 0 Å². The summed E-state index contributed by atoms with van der Waals surface area (Å²) >= 11 is 0. The molecule has 2 N–H and O–H groups in total. The molecule has 1 aliphatic rings. The molecule has 25 heavy (non-hydrogen) atoms. The summed E-state index contributed by atoms with van der Waals surface area (Å²) < 4.78 is 15.3. The highest BCUT2D eigenvalue weighted by atomic mass is 16.5. The molecule has 1 rings (SSSR count). The number of carbonyl (C=O) groups excluding carboxylic acids is 2. The first-order valence-electron chi connectivity index (χ1n) is 9.54. The lowest BCUT2D eigenvalue weighted by atomic mass is 9.83. The van der Waals surface area contributed by atoms with Gasteiger partial charge in [0.25, 0.3) is 0 Å². The summed E-state index contributed by atoms with van der Waals surface area (Å²) in [4.78, 5) is 21.8. The lowest BCUT2D eigenvalue weighted by Crippen LogP contribution is -2.21. The molecule has 0 aromatic carbocycles. The third-order valence-electron chi connectivity index (χ3n) is 4.02. The summed E-state index contributed by atoms with van der Waals surface area (Å²) in [6, 6.07) is 0. The smallest absolute Gasteiger partial charge is 0.219 e. The SMILES string of the molecule is CC(C)C(=O)C1CCCCC1.CCOCCOCCOCCC(N)=O. The second-order valence-electron chi connectivity index (χ2n) is 6.53. The molecule has 0 spiro atoms. The molecular formula is C19H37NO5. The molecule has 0 bridgehead atoms. The van der Waals surface area contributed by atoms with E-state index in [1.165, 1.54) is 19.3 Å². The summed E-state index contributed by atoms with van der Waals surface area (Å²) in [6.07, 6.45) is 6.43. The topological polar surface area (TPSA) is 87.8 Å². The van der Waals surface area contributed by atoms with Gasteiger partial charge in [-0.15, -0.1) is 0 Å². The van der Waals surface area contributed by atoms with E-state index < -0.39 is 0 Å². The number of carbonyl (C=O) groups is 2. The van der Waals surface area contributed by atoms with Gasteiger partial charge in [0.2, 0.25) is 5.91 Å². The van der Waals surface area contributed by atoms with Crippen LogP contribution in [-0.4, -0.2) is 51.3 Å². The standard InChI is InChI=1S/C10H18O.C9H19NO4/c1-8(2)10(11)9-6-4-3-5-7-9;1-2-12-5-6-14-8-7-13-4-3-9(10)11/h8-9H,3-7H2,1-2H3;2-8H2,1H3,(H2,10,11). The van der Waals surface area contributed by atoms with Gasteiger partial charge in [-0.1, -0.05) is 33.1 Å². The quantitative estimate of drug-likeness (QED) is 0.541. The molecule has 1 aliphatic carbocycles. The molecule has 0 atom stereocenters. The van der Waals surface area contributed by atoms with Crippen LogP contribution in [0.2, 0.25) is 0 Å². The summed E-state index contributed by atoms with van der Waals surface area (Å²) in [5, 5.41) is 0. The zero-order valence-electron chi connectivity index (χ0n) is 16.3. The molecular weight excluding hydrogens is 322 g/mol. The van der Waals surface area contributed by atoms with Crippen LogP contribution < -0.4 is 5.73 Å². The first kappa shape index (κ1) is 24.0. The Bertz CT molecular complexity index is 341. The van der Waals surface area contributed by atoms with Gasteiger partial charge in [-0.2, -0.15) is 0 Å². The van der Waals surface area contributed by atoms with Gasteiger partial charge in [0.15, 0.2) is 0 Å². The number of Topliss-reactive ketones (excluding diaryl/α,β-unsaturated/α-hetero) is 1. The average molecular weight is 360 g/mol. The van der Waals surface area contributed by atoms with E-state index in [0.717, 1.165) is 12.8 Å². The van der Waals surface area contributed by atoms with Crippen LogP contribution in [0.3, 0.4) is 0 Å². The van der Waals surface area contributed by atoms with Crippen molar-refractivity contribution in [2.24, 2.45) is 17.6 Å². The van der Waals surface area contributed by atoms with E-state index in [-0.39, 0.29) is 18.2 Å². The molecule has 1 fully saturated rings. The zero-order chi connectivity index (χ0) is 18.9. The van der Waals surface area contributed by atoms with Gasteiger partial charge in [0.1, 0.15) is 5.78 Å². The highest BCUT2D eigenvalue weighted by Crippen LogP contribution is 2.26. The second-order valence-corrected chi connectivity index (χ2v) is 6.53. The molecule has 148 valence electrons. The van der Waals surface area contributed by atoms with Crippen molar-refractivity contribution in [1.82, 2.24) is 0 Å². The minimum Gasteiger partial charge on any atom is -0.379 e. The van der Waals surface area contributed by atoms with Crippen molar-refractivity contribution in [3.63, 3.8) is 0 Å². The summed E-state index contributed by atoms with van der Waals surface area (Å²) in [6.45, 7) is 9.22. The number of rotatable bonds is 12. The number of hydrogen-bond donors (Lipinski definition) is 1. The van der Waals surface area contributed by atoms with Crippen LogP contribution >= 0.6 is 0 Å². The Balaban J connectivity index is 0.000000472. The minimum atomic E-state index is -0.345. The molecule has 1 amide bonds. The van der Waals surface area contributed by atoms with E-state index in [9.17, 15) is 9.59 Å². The Kier molecular flexibility index (Phi) is 15.8. The van der Waals surface area contributed by atoms with E-state index in [2.05, 4.69) is 0 Å². The van der Waals surface area contributed by atoms with Gasteiger partial charge in [-0.05, 0) is 19.8 Å². The zero-order valence-corrected chi connectivity index (χ0v) is 16.3. The molecule has 0 heterocycles. The molecule has 0 radical (unpaired) electrons. The van der Waals surface area contributed by atoms with Crippen LogP contribution in [0.25, 0.3) is 0 Å². The third kappa shape index (κ3) is 15.0. The van der Waals surface area contributed by atoms with Gasteiger partial charge in [-0.3, -0.25) is 9.59 Å². The van der Waals surface area contributed by atoms with Crippen molar-refractivity contribution in [2.45, 2.75) is 59.3 Å². The van der Waals surface area contributed by atoms with Gasteiger partial charge in [0.05, 0.1) is 33.0 Å². The predicted octanol–water partition coefficient (Wildman–Crippen LogP) is 2.72. The fourth-order valence-electron chi connectivity index (χ4n) is 2.62. The number of nitrogens with two attached hydrogens (primary N) is 1. The molecule has 6 heteroatoms. The maximum atomic E-state index is 11.5. The summed E-state index contributed by atoms with van der Waals surface area (Å²) in [5.41, 5.74) is 4.92. The van der Waals surface area contributed by atoms with Gasteiger partial charge in [-0.25, -0.2) is 0 Å². The molecule has 0 aliphatic heterocycles. The maximum Gasteiger partial charge on any atom is 0.219 e. The van der Waals surface area contributed by atoms with Crippen molar-refractivity contribution in [3.05, 3.63) is 0 Å². The lowest BCUT2D eigenvalue weighted by Gasteiger charge is -2.21. The Morgan fingerprint density at radius 2 is 1.44 bits per heavy atom. The number of hydrogen-bond acceptors (Lipinski definition) is 5. The van der Waals surface area contributed by atoms with Gasteiger partial charge < -0.3 is 19.9 Å². The van der Waals surface area contributed by atoms with Crippen LogP contribution in [-0.2, 0) is 23.8 Å². The van der Waals surface area contributed by atoms with Crippen molar-refractivity contribution < 1.29 is 23.8 Å². The Labute approximate surface area is 152 Å². The van der Waals surface area contributed by atoms with E-state index in [4.69, 9.17) is 19.9 Å². The third-order valence-corrected chi connectivity index (χ3v) is 4.02. The maximum absolute atomic E-state index is 11.5. The van der Waals surface area contributed by atoms with Crippen molar-refractivity contribution in [1.29, 1.82) is 0 Å². The van der Waals surface area contributed by atoms with E-state index >= 15 is 0 Å². The summed E-state index contributed by atoms with van der Waals surface area (Å²) in [5.74, 6) is 0.800. The van der Waals surface area contributed by atoms with Crippen LogP contribution in [0.4, 0.5) is 0 Å².